The van der Waals surface area contributed by atoms with Crippen molar-refractivity contribution >= 4 is 12.2 Å². The van der Waals surface area contributed by atoms with E-state index >= 15 is 0 Å². The lowest BCUT2D eigenvalue weighted by atomic mass is 9.71. The second-order valence-electron chi connectivity index (χ2n) is 5.60. The molecule has 0 saturated heterocycles. The summed E-state index contributed by atoms with van der Waals surface area (Å²) in [6, 6.07) is 0.165. The van der Waals surface area contributed by atoms with Gasteiger partial charge in [0.15, 0.2) is 0 Å². The van der Waals surface area contributed by atoms with E-state index in [1.54, 1.807) is 12.2 Å². The van der Waals surface area contributed by atoms with Crippen molar-refractivity contribution in [3.63, 3.8) is 0 Å². The summed E-state index contributed by atoms with van der Waals surface area (Å²) in [5, 5.41) is 0. The van der Waals surface area contributed by atoms with Crippen molar-refractivity contribution in [3.05, 3.63) is 0 Å². The minimum Gasteiger partial charge on any atom is -0.211 e. The lowest BCUT2D eigenvalue weighted by Gasteiger charge is -2.35. The molecule has 92 valence electrons. The minimum absolute atomic E-state index is 0.165. The predicted octanol–water partition coefficient (Wildman–Crippen LogP) is 2.24. The van der Waals surface area contributed by atoms with Crippen molar-refractivity contribution in [1.82, 2.24) is 0 Å². The molecule has 0 aromatic heterocycles. The van der Waals surface area contributed by atoms with E-state index in [0.717, 1.165) is 25.2 Å². The Morgan fingerprint density at radius 1 is 1.29 bits per heavy atom. The molecular formula is C13H18N2O2. The molecule has 4 nitrogen and oxygen atoms in total. The van der Waals surface area contributed by atoms with Crippen molar-refractivity contribution in [3.8, 4) is 0 Å². The highest BCUT2D eigenvalue weighted by Crippen LogP contribution is 2.59. The molecule has 0 aromatic carbocycles. The average molecular weight is 234 g/mol. The smallest absolute Gasteiger partial charge is 0.211 e. The number of hydrogen-bond acceptors (Lipinski definition) is 4. The molecule has 2 rings (SSSR count). The maximum absolute atomic E-state index is 10.4. The SMILES string of the molecule is CC12CC(CC1CCCN=C=O)CC2N=C=O. The van der Waals surface area contributed by atoms with Gasteiger partial charge in [0.1, 0.15) is 0 Å². The summed E-state index contributed by atoms with van der Waals surface area (Å²) >= 11 is 0. The summed E-state index contributed by atoms with van der Waals surface area (Å²) in [6.45, 7) is 2.82. The van der Waals surface area contributed by atoms with Crippen LogP contribution in [0.2, 0.25) is 0 Å². The Morgan fingerprint density at radius 3 is 2.76 bits per heavy atom. The van der Waals surface area contributed by atoms with E-state index in [2.05, 4.69) is 16.9 Å². The number of carbonyl (C=O) groups excluding carboxylic acids is 2. The van der Waals surface area contributed by atoms with Gasteiger partial charge in [-0.25, -0.2) is 19.6 Å². The van der Waals surface area contributed by atoms with Crippen LogP contribution in [-0.4, -0.2) is 24.7 Å². The molecule has 4 atom stereocenters. The third-order valence-electron chi connectivity index (χ3n) is 4.69. The molecule has 17 heavy (non-hydrogen) atoms. The first-order chi connectivity index (χ1) is 8.20. The maximum atomic E-state index is 10.4. The largest absolute Gasteiger partial charge is 0.235 e. The zero-order valence-electron chi connectivity index (χ0n) is 10.2. The first kappa shape index (κ1) is 12.2. The summed E-state index contributed by atoms with van der Waals surface area (Å²) in [7, 11) is 0. The van der Waals surface area contributed by atoms with Crippen LogP contribution < -0.4 is 0 Å². The summed E-state index contributed by atoms with van der Waals surface area (Å²) in [5.74, 6) is 1.34. The van der Waals surface area contributed by atoms with Crippen LogP contribution >= 0.6 is 0 Å². The van der Waals surface area contributed by atoms with E-state index in [4.69, 9.17) is 0 Å². The summed E-state index contributed by atoms with van der Waals surface area (Å²) in [6.07, 6.45) is 8.77. The van der Waals surface area contributed by atoms with Gasteiger partial charge < -0.3 is 0 Å². The fraction of sp³-hybridized carbons (Fsp3) is 0.846. The molecule has 0 heterocycles. The molecule has 0 radical (unpaired) electrons. The van der Waals surface area contributed by atoms with Crippen LogP contribution in [0.1, 0.15) is 39.0 Å². The number of aliphatic imine (C=N–C) groups is 2. The monoisotopic (exact) mass is 234 g/mol. The van der Waals surface area contributed by atoms with Gasteiger partial charge >= 0.3 is 0 Å². The number of fused-ring (bicyclic) bond motifs is 2. The molecule has 0 amide bonds. The van der Waals surface area contributed by atoms with Crippen molar-refractivity contribution in [2.45, 2.75) is 45.1 Å². The van der Waals surface area contributed by atoms with Gasteiger partial charge in [-0.15, -0.1) is 0 Å². The summed E-state index contributed by atoms with van der Waals surface area (Å²) in [5.41, 5.74) is 0.174. The maximum Gasteiger partial charge on any atom is 0.235 e. The fourth-order valence-electron chi connectivity index (χ4n) is 3.89. The van der Waals surface area contributed by atoms with Crippen LogP contribution in [0.15, 0.2) is 9.98 Å². The molecule has 4 heteroatoms. The van der Waals surface area contributed by atoms with Crippen LogP contribution in [0.5, 0.6) is 0 Å². The van der Waals surface area contributed by atoms with Gasteiger partial charge in [-0.1, -0.05) is 6.92 Å². The van der Waals surface area contributed by atoms with E-state index in [-0.39, 0.29) is 11.5 Å². The Balaban J connectivity index is 1.96. The molecule has 2 saturated carbocycles. The zero-order valence-corrected chi connectivity index (χ0v) is 10.2. The highest BCUT2D eigenvalue weighted by molar-refractivity contribution is 5.34. The standard InChI is InChI=1S/C13H18N2O2/c1-13-7-10(6-12(13)15-9-17)5-11(13)3-2-4-14-8-16/h10-12H,2-7H2,1H3. The van der Waals surface area contributed by atoms with E-state index in [0.29, 0.717) is 12.5 Å². The Morgan fingerprint density at radius 2 is 2.12 bits per heavy atom. The van der Waals surface area contributed by atoms with Crippen molar-refractivity contribution in [2.24, 2.45) is 27.2 Å². The number of rotatable bonds is 5. The topological polar surface area (TPSA) is 58.9 Å². The van der Waals surface area contributed by atoms with Crippen LogP contribution in [0.3, 0.4) is 0 Å². The molecule has 2 aliphatic rings. The number of isocyanates is 2. The Kier molecular flexibility index (Phi) is 3.56. The van der Waals surface area contributed by atoms with Gasteiger partial charge in [-0.05, 0) is 49.4 Å². The van der Waals surface area contributed by atoms with Crippen molar-refractivity contribution in [2.75, 3.05) is 6.54 Å². The Bertz CT molecular complexity index is 383. The molecule has 0 N–H and O–H groups in total. The molecule has 2 aliphatic carbocycles. The first-order valence-corrected chi connectivity index (χ1v) is 6.31. The van der Waals surface area contributed by atoms with E-state index in [1.165, 1.54) is 12.8 Å². The Labute approximate surface area is 101 Å². The number of nitrogens with zero attached hydrogens (tertiary/aromatic N) is 2. The third kappa shape index (κ3) is 2.24. The third-order valence-corrected chi connectivity index (χ3v) is 4.69. The summed E-state index contributed by atoms with van der Waals surface area (Å²) in [4.78, 5) is 28.0. The van der Waals surface area contributed by atoms with E-state index in [1.807, 2.05) is 0 Å². The Hall–Kier alpha value is -1.24. The van der Waals surface area contributed by atoms with Gasteiger partial charge in [0.2, 0.25) is 12.2 Å². The van der Waals surface area contributed by atoms with Crippen LogP contribution in [0, 0.1) is 17.3 Å². The van der Waals surface area contributed by atoms with Gasteiger partial charge in [-0.2, -0.15) is 0 Å². The second kappa shape index (κ2) is 4.95. The van der Waals surface area contributed by atoms with Crippen molar-refractivity contribution in [1.29, 1.82) is 0 Å². The lowest BCUT2D eigenvalue weighted by Crippen LogP contribution is -2.33. The molecule has 0 aromatic rings. The molecular weight excluding hydrogens is 216 g/mol. The molecule has 2 fully saturated rings. The summed E-state index contributed by atoms with van der Waals surface area (Å²) < 4.78 is 0. The first-order valence-electron chi connectivity index (χ1n) is 6.31. The van der Waals surface area contributed by atoms with Crippen LogP contribution in [-0.2, 0) is 9.59 Å². The highest BCUT2D eigenvalue weighted by Gasteiger charge is 2.54. The van der Waals surface area contributed by atoms with Crippen LogP contribution in [0.4, 0.5) is 0 Å². The van der Waals surface area contributed by atoms with E-state index < -0.39 is 0 Å². The second-order valence-corrected chi connectivity index (χ2v) is 5.60. The quantitative estimate of drug-likeness (QED) is 0.416. The van der Waals surface area contributed by atoms with Gasteiger partial charge in [0.05, 0.1) is 12.6 Å². The zero-order chi connectivity index (χ0) is 12.3. The minimum atomic E-state index is 0.165. The van der Waals surface area contributed by atoms with E-state index in [9.17, 15) is 9.59 Å². The normalized spacial score (nSPS) is 38.5. The number of hydrogen-bond donors (Lipinski definition) is 0. The van der Waals surface area contributed by atoms with Gasteiger partial charge in [0, 0.05) is 0 Å². The molecule has 0 aliphatic heterocycles. The fourth-order valence-corrected chi connectivity index (χ4v) is 3.89. The lowest BCUT2D eigenvalue weighted by molar-refractivity contribution is 0.166. The van der Waals surface area contributed by atoms with Gasteiger partial charge in [0.25, 0.3) is 0 Å². The van der Waals surface area contributed by atoms with Crippen molar-refractivity contribution < 1.29 is 9.59 Å². The molecule has 2 bridgehead atoms. The van der Waals surface area contributed by atoms with Crippen LogP contribution in [0.25, 0.3) is 0 Å². The highest BCUT2D eigenvalue weighted by atomic mass is 16.1. The average Bonchev–Trinajstić information content (AvgIpc) is 2.77. The molecule has 0 spiro atoms. The molecule has 4 unspecified atom stereocenters. The predicted molar refractivity (Wildman–Crippen MR) is 63.1 cm³/mol. The van der Waals surface area contributed by atoms with Gasteiger partial charge in [-0.3, -0.25) is 0 Å².